The van der Waals surface area contributed by atoms with Gasteiger partial charge in [0.2, 0.25) is 29.6 Å². The van der Waals surface area contributed by atoms with Gasteiger partial charge in [-0.15, -0.1) is 10.2 Å². The lowest BCUT2D eigenvalue weighted by atomic mass is 9.76. The highest BCUT2D eigenvalue weighted by atomic mass is 32.2. The number of aromatic amines is 1. The summed E-state index contributed by atoms with van der Waals surface area (Å²) in [5, 5.41) is 52.6. The number of aromatic nitrogens is 13. The number of hydrogen-bond donors (Lipinski definition) is 6. The SMILES string of the molecule is CC(=O)NS(=O)(=O)c1cc2nc(N3CCCC3C)n(-c3ccc(F)cc3)c2cc1O.CN(c1ccccc1)c1nc2cc(-c3nn[nH]n3)ccc2n1-c1ccc(F)cc1.CN(c1cccnc1)c1nc2cc(B(O)O)c(C(F)(F)F)cc2n1-c1ccc(F)cc1.Cc1nc2cc(C(=O)O)ccc2n1-c1ccc(F)cc1. The molecule has 0 aliphatic carbocycles. The smallest absolute Gasteiger partial charge is 0.489 e. The number of phenolic OH excluding ortho intramolecular Hbond substituents is 1. The Hall–Kier alpha value is -13.3. The maximum Gasteiger partial charge on any atom is 0.489 e. The van der Waals surface area contributed by atoms with Crippen LogP contribution >= 0.6 is 0 Å². The third-order valence-electron chi connectivity index (χ3n) is 17.9. The summed E-state index contributed by atoms with van der Waals surface area (Å²) in [5.74, 6) is -0.998. The van der Waals surface area contributed by atoms with E-state index in [1.54, 1.807) is 83.5 Å². The number of aromatic carboxylic acids is 1. The molecule has 9 aromatic carbocycles. The van der Waals surface area contributed by atoms with Crippen LogP contribution in [0.4, 0.5) is 60.0 Å². The van der Waals surface area contributed by atoms with E-state index >= 15 is 0 Å². The lowest BCUT2D eigenvalue weighted by Gasteiger charge is -2.23. The number of aryl methyl sites for hydroxylation is 1. The molecule has 1 aliphatic rings. The van der Waals surface area contributed by atoms with Gasteiger partial charge in [0, 0.05) is 79.9 Å². The van der Waals surface area contributed by atoms with Gasteiger partial charge < -0.3 is 35.0 Å². The van der Waals surface area contributed by atoms with Gasteiger partial charge in [0.05, 0.1) is 67.1 Å². The van der Waals surface area contributed by atoms with Crippen molar-refractivity contribution in [2.24, 2.45) is 0 Å². The van der Waals surface area contributed by atoms with Gasteiger partial charge in [0.25, 0.3) is 10.0 Å². The van der Waals surface area contributed by atoms with Crippen LogP contribution in [0.25, 0.3) is 78.3 Å². The number of phenols is 1. The fourth-order valence-corrected chi connectivity index (χ4v) is 13.8. The summed E-state index contributed by atoms with van der Waals surface area (Å²) in [5.41, 5.74) is 7.33. The number of anilines is 5. The van der Waals surface area contributed by atoms with Gasteiger partial charge >= 0.3 is 19.3 Å². The molecule has 1 atom stereocenters. The predicted molar refractivity (Wildman–Crippen MR) is 399 cm³/mol. The first-order valence-corrected chi connectivity index (χ1v) is 35.1. The number of rotatable bonds is 14. The molecule has 558 valence electrons. The zero-order chi connectivity index (χ0) is 78.0. The number of alkyl halides is 3. The van der Waals surface area contributed by atoms with Crippen LogP contribution in [0.5, 0.6) is 5.75 Å². The summed E-state index contributed by atoms with van der Waals surface area (Å²) in [4.78, 5) is 49.8. The van der Waals surface area contributed by atoms with Crippen molar-refractivity contribution in [3.05, 3.63) is 253 Å². The number of fused-ring (bicyclic) bond motifs is 4. The van der Waals surface area contributed by atoms with Gasteiger partial charge in [-0.3, -0.25) is 28.0 Å². The zero-order valence-electron chi connectivity index (χ0n) is 58.7. The second-order valence-corrected chi connectivity index (χ2v) is 26.9. The first-order chi connectivity index (χ1) is 52.6. The summed E-state index contributed by atoms with van der Waals surface area (Å²) in [6.45, 7) is 5.74. The van der Waals surface area contributed by atoms with E-state index in [-0.39, 0.29) is 46.0 Å². The molecule has 1 amide bonds. The molecule has 0 radical (unpaired) electrons. The van der Waals surface area contributed by atoms with Crippen molar-refractivity contribution in [3.63, 3.8) is 0 Å². The zero-order valence-corrected chi connectivity index (χ0v) is 59.5. The van der Waals surface area contributed by atoms with E-state index in [1.165, 1.54) is 89.5 Å². The van der Waals surface area contributed by atoms with Gasteiger partial charge in [-0.1, -0.05) is 18.2 Å². The third kappa shape index (κ3) is 15.6. The number of hydrogen-bond acceptors (Lipinski definition) is 18. The molecule has 15 aromatic rings. The van der Waals surface area contributed by atoms with E-state index < -0.39 is 62.7 Å². The number of amides is 1. The molecule has 0 saturated carbocycles. The number of carbonyl (C=O) groups excluding carboxylic acids is 1. The Morgan fingerprint density at radius 2 is 1.13 bits per heavy atom. The van der Waals surface area contributed by atoms with Crippen molar-refractivity contribution in [2.75, 3.05) is 35.3 Å². The number of carboxylic acids is 1. The maximum atomic E-state index is 13.6. The molecule has 6 aromatic heterocycles. The minimum atomic E-state index is -4.83. The van der Waals surface area contributed by atoms with Crippen molar-refractivity contribution in [2.45, 2.75) is 50.7 Å². The number of tetrazole rings is 1. The van der Waals surface area contributed by atoms with Crippen LogP contribution in [-0.2, 0) is 21.0 Å². The van der Waals surface area contributed by atoms with E-state index in [1.807, 2.05) is 81.3 Å². The molecule has 6 N–H and O–H groups in total. The van der Waals surface area contributed by atoms with Crippen molar-refractivity contribution in [3.8, 4) is 39.9 Å². The molecular formula is C76H63BF7N17O8S. The summed E-state index contributed by atoms with van der Waals surface area (Å²) in [6, 6.07) is 52.0. The summed E-state index contributed by atoms with van der Waals surface area (Å²) >= 11 is 0. The Bertz CT molecular complexity index is 6000. The highest BCUT2D eigenvalue weighted by Gasteiger charge is 2.38. The Kier molecular flexibility index (Phi) is 21.0. The van der Waals surface area contributed by atoms with Crippen LogP contribution in [0, 0.1) is 30.2 Å². The van der Waals surface area contributed by atoms with Crippen LogP contribution in [0.2, 0.25) is 0 Å². The van der Waals surface area contributed by atoms with E-state index in [9.17, 15) is 63.9 Å². The monoisotopic (exact) mass is 1520 g/mol. The molecule has 0 bridgehead atoms. The van der Waals surface area contributed by atoms with Gasteiger partial charge in [0.15, 0.2) is 0 Å². The lowest BCUT2D eigenvalue weighted by molar-refractivity contribution is -0.136. The van der Waals surface area contributed by atoms with Crippen molar-refractivity contribution < 1.29 is 69.0 Å². The number of nitrogens with zero attached hydrogens (tertiary/aromatic N) is 15. The first kappa shape index (κ1) is 74.9. The van der Waals surface area contributed by atoms with E-state index in [4.69, 9.17) is 10.1 Å². The highest BCUT2D eigenvalue weighted by molar-refractivity contribution is 7.90. The Morgan fingerprint density at radius 3 is 1.65 bits per heavy atom. The van der Waals surface area contributed by atoms with Crippen LogP contribution in [0.1, 0.15) is 48.4 Å². The lowest BCUT2D eigenvalue weighted by Crippen LogP contribution is -2.36. The highest BCUT2D eigenvalue weighted by Crippen LogP contribution is 2.39. The molecule has 1 fully saturated rings. The number of carboxylic acid groups (broad SMARTS) is 1. The number of nitrogens with one attached hydrogen (secondary N) is 2. The fourth-order valence-electron chi connectivity index (χ4n) is 12.7. The van der Waals surface area contributed by atoms with Gasteiger partial charge in [-0.05, 0) is 213 Å². The topological polar surface area (TPSA) is 310 Å². The van der Waals surface area contributed by atoms with Crippen molar-refractivity contribution >= 4 is 108 Å². The molecule has 16 rings (SSSR count). The minimum absolute atomic E-state index is 0.0640. The number of pyridine rings is 1. The number of carbonyl (C=O) groups is 2. The molecule has 0 spiro atoms. The fraction of sp³-hybridized carbons (Fsp3) is 0.132. The van der Waals surface area contributed by atoms with Crippen molar-refractivity contribution in [1.82, 2.24) is 68.5 Å². The number of sulfonamides is 1. The second kappa shape index (κ2) is 30.9. The largest absolute Gasteiger partial charge is 0.506 e. The average Bonchev–Trinajstić information content (AvgIpc) is 1.60. The molecule has 1 saturated heterocycles. The average molecular weight is 1520 g/mol. The van der Waals surface area contributed by atoms with Gasteiger partial charge in [0.1, 0.15) is 39.7 Å². The number of halogens is 7. The Balaban J connectivity index is 0.000000130. The second-order valence-electron chi connectivity index (χ2n) is 25.2. The summed E-state index contributed by atoms with van der Waals surface area (Å²) < 4.78 is 128. The summed E-state index contributed by atoms with van der Waals surface area (Å²) in [6.07, 6.45) is 0.269. The molecule has 1 aliphatic heterocycles. The van der Waals surface area contributed by atoms with Crippen LogP contribution in [0.15, 0.2) is 217 Å². The number of aromatic hydroxyl groups is 1. The molecular weight excluding hydrogens is 1450 g/mol. The van der Waals surface area contributed by atoms with Crippen LogP contribution < -0.4 is 24.9 Å². The number of H-pyrrole nitrogens is 1. The van der Waals surface area contributed by atoms with Crippen molar-refractivity contribution in [1.29, 1.82) is 0 Å². The third-order valence-corrected chi connectivity index (χ3v) is 19.4. The Morgan fingerprint density at radius 1 is 0.609 bits per heavy atom. The number of imidazole rings is 4. The first-order valence-electron chi connectivity index (χ1n) is 33.6. The molecule has 7 heterocycles. The van der Waals surface area contributed by atoms with Crippen LogP contribution in [0.3, 0.4) is 0 Å². The predicted octanol–water partition coefficient (Wildman–Crippen LogP) is 13.0. The Labute approximate surface area is 621 Å². The standard InChI is InChI=1S/C21H16FN7.C20H15BF4N4O2.C20H21FN4O4S.C15H11FN2O2/c1-28(16-5-3-2-4-6-16)21-23-18-13-14(20-24-26-27-25-20)7-12-19(18)29(21)17-10-8-15(22)9-11-17;1-28(14-3-2-8-26-11-14)19-27-17-10-16(21(30)31)15(20(23,24)25)9-18(17)29(19)13-6-4-12(22)5-7-13;1-12-4-3-9-24(12)20-22-16-10-19(30(28,29)23-13(2)26)18(27)11-17(16)25(20)15-7-5-14(21)6-8-15;1-9-17-13-8-10(15(19)20)2-7-14(13)18(9)12-5-3-11(16)4-6-12/h2-13H,1H3,(H,24,25,26,27);2-11,30-31H,1H3;5-8,10-12,27H,3-4,9H2,1-2H3,(H,23,26);2-8H,1H3,(H,19,20). The number of benzene rings is 9. The minimum Gasteiger partial charge on any atom is -0.506 e. The summed E-state index contributed by atoms with van der Waals surface area (Å²) in [7, 11) is -2.97. The maximum absolute atomic E-state index is 13.6. The molecule has 1 unspecified atom stereocenters. The van der Waals surface area contributed by atoms with Gasteiger partial charge in [-0.2, -0.15) is 18.4 Å². The quantitative estimate of drug-likeness (QED) is 0.0435. The van der Waals surface area contributed by atoms with Crippen LogP contribution in [-0.4, -0.2) is 138 Å². The molecule has 25 nitrogen and oxygen atoms in total. The molecule has 34 heteroatoms. The molecule has 110 heavy (non-hydrogen) atoms. The van der Waals surface area contributed by atoms with Gasteiger partial charge in [-0.25, -0.2) is 55.4 Å². The van der Waals surface area contributed by atoms with E-state index in [0.717, 1.165) is 77.6 Å². The number of para-hydroxylation sites is 1. The van der Waals surface area contributed by atoms with E-state index in [2.05, 4.69) is 52.4 Å². The normalized spacial score (nSPS) is 12.8. The van der Waals surface area contributed by atoms with E-state index in [0.29, 0.717) is 57.2 Å².